The number of rotatable bonds is 8. The molecule has 2 rings (SSSR count). The van der Waals surface area contributed by atoms with Gasteiger partial charge in [0.1, 0.15) is 11.5 Å². The van der Waals surface area contributed by atoms with Gasteiger partial charge in [0, 0.05) is 6.92 Å². The van der Waals surface area contributed by atoms with Crippen molar-refractivity contribution < 1.29 is 34.0 Å². The topological polar surface area (TPSA) is 102 Å². The van der Waals surface area contributed by atoms with Crippen LogP contribution in [0.25, 0.3) is 0 Å². The lowest BCUT2D eigenvalue weighted by Gasteiger charge is -2.30. The summed E-state index contributed by atoms with van der Waals surface area (Å²) in [4.78, 5) is 22.1. The molecule has 132 valence electrons. The summed E-state index contributed by atoms with van der Waals surface area (Å²) < 4.78 is 16.9. The zero-order valence-corrected chi connectivity index (χ0v) is 13.8. The van der Waals surface area contributed by atoms with E-state index in [1.54, 1.807) is 19.1 Å². The van der Waals surface area contributed by atoms with Gasteiger partial charge >= 0.3 is 17.9 Å². The molecule has 0 radical (unpaired) electrons. The first-order valence-corrected chi connectivity index (χ1v) is 7.51. The van der Waals surface area contributed by atoms with Gasteiger partial charge in [-0.3, -0.25) is 0 Å². The molecular formula is C18H18O7. The molecule has 7 nitrogen and oxygen atoms in total. The highest BCUT2D eigenvalue weighted by atomic mass is 16.9. The van der Waals surface area contributed by atoms with Crippen LogP contribution in [0.5, 0.6) is 11.5 Å². The fourth-order valence-corrected chi connectivity index (χ4v) is 2.16. The molecule has 0 bridgehead atoms. The van der Waals surface area contributed by atoms with Gasteiger partial charge in [0.05, 0.1) is 17.7 Å². The molecule has 2 N–H and O–H groups in total. The number of benzene rings is 2. The third-order valence-electron chi connectivity index (χ3n) is 3.17. The molecule has 0 heterocycles. The molecule has 0 aliphatic heterocycles. The molecule has 0 aliphatic rings. The molecular weight excluding hydrogens is 328 g/mol. The van der Waals surface area contributed by atoms with Crippen molar-refractivity contribution in [2.75, 3.05) is 6.61 Å². The van der Waals surface area contributed by atoms with Gasteiger partial charge < -0.3 is 24.4 Å². The van der Waals surface area contributed by atoms with E-state index in [0.29, 0.717) is 0 Å². The van der Waals surface area contributed by atoms with Crippen LogP contribution < -0.4 is 9.47 Å². The summed E-state index contributed by atoms with van der Waals surface area (Å²) in [5.41, 5.74) is 0.119. The van der Waals surface area contributed by atoms with Crippen LogP contribution in [0.1, 0.15) is 34.6 Å². The Labute approximate surface area is 144 Å². The molecule has 0 saturated carbocycles. The van der Waals surface area contributed by atoms with E-state index in [9.17, 15) is 9.59 Å². The monoisotopic (exact) mass is 346 g/mol. The number of carboxylic acids is 2. The quantitative estimate of drug-likeness (QED) is 0.707. The van der Waals surface area contributed by atoms with E-state index in [0.717, 1.165) is 0 Å². The average molecular weight is 346 g/mol. The van der Waals surface area contributed by atoms with Gasteiger partial charge in [0.2, 0.25) is 0 Å². The summed E-state index contributed by atoms with van der Waals surface area (Å²) in [6.45, 7) is 3.51. The number of hydrogen-bond donors (Lipinski definition) is 2. The maximum absolute atomic E-state index is 11.1. The second kappa shape index (κ2) is 7.67. The van der Waals surface area contributed by atoms with Crippen LogP contribution in [0, 0.1) is 0 Å². The largest absolute Gasteiger partial charge is 0.478 e. The minimum atomic E-state index is -1.57. The van der Waals surface area contributed by atoms with Crippen molar-refractivity contribution >= 4 is 11.9 Å². The molecule has 7 heteroatoms. The van der Waals surface area contributed by atoms with Gasteiger partial charge in [0.15, 0.2) is 0 Å². The Balaban J connectivity index is 2.25. The second-order valence-corrected chi connectivity index (χ2v) is 5.17. The molecule has 0 aromatic heterocycles. The molecule has 0 atom stereocenters. The Hall–Kier alpha value is -3.06. The van der Waals surface area contributed by atoms with Gasteiger partial charge in [-0.1, -0.05) is 12.1 Å². The third kappa shape index (κ3) is 4.95. The predicted molar refractivity (Wildman–Crippen MR) is 88.1 cm³/mol. The van der Waals surface area contributed by atoms with Gasteiger partial charge in [-0.25, -0.2) is 9.59 Å². The van der Waals surface area contributed by atoms with E-state index in [4.69, 9.17) is 24.4 Å². The SMILES string of the molecule is CCOC(C)(Oc1cccc(C(=O)O)c1)Oc1cccc(C(=O)O)c1. The molecule has 2 aromatic rings. The van der Waals surface area contributed by atoms with Gasteiger partial charge in [0.25, 0.3) is 0 Å². The Morgan fingerprint density at radius 2 is 1.36 bits per heavy atom. The summed E-state index contributed by atoms with van der Waals surface area (Å²) in [5.74, 6) is -3.25. The summed E-state index contributed by atoms with van der Waals surface area (Å²) >= 11 is 0. The van der Waals surface area contributed by atoms with Crippen LogP contribution >= 0.6 is 0 Å². The van der Waals surface area contributed by atoms with Gasteiger partial charge in [-0.05, 0) is 43.3 Å². The van der Waals surface area contributed by atoms with E-state index >= 15 is 0 Å². The van der Waals surface area contributed by atoms with Crippen LogP contribution in [0.15, 0.2) is 48.5 Å². The number of aromatic carboxylic acids is 2. The summed E-state index contributed by atoms with van der Waals surface area (Å²) in [7, 11) is 0. The minimum absolute atomic E-state index is 0.0595. The van der Waals surface area contributed by atoms with Crippen molar-refractivity contribution in [3.63, 3.8) is 0 Å². The third-order valence-corrected chi connectivity index (χ3v) is 3.17. The maximum atomic E-state index is 11.1. The Morgan fingerprint density at radius 3 is 1.72 bits per heavy atom. The fraction of sp³-hybridized carbons (Fsp3) is 0.222. The highest BCUT2D eigenvalue weighted by Crippen LogP contribution is 2.25. The first-order valence-electron chi connectivity index (χ1n) is 7.51. The zero-order chi connectivity index (χ0) is 18.4. The molecule has 2 aromatic carbocycles. The van der Waals surface area contributed by atoms with Crippen molar-refractivity contribution in [1.29, 1.82) is 0 Å². The van der Waals surface area contributed by atoms with E-state index in [-0.39, 0.29) is 29.2 Å². The van der Waals surface area contributed by atoms with Crippen molar-refractivity contribution in [3.8, 4) is 11.5 Å². The normalized spacial score (nSPS) is 11.0. The second-order valence-electron chi connectivity index (χ2n) is 5.17. The first-order chi connectivity index (χ1) is 11.8. The highest BCUT2D eigenvalue weighted by Gasteiger charge is 2.30. The molecule has 0 saturated heterocycles. The number of ether oxygens (including phenoxy) is 3. The van der Waals surface area contributed by atoms with E-state index in [2.05, 4.69) is 0 Å². The summed E-state index contributed by atoms with van der Waals surface area (Å²) in [6, 6.07) is 11.8. The lowest BCUT2D eigenvalue weighted by molar-refractivity contribution is -0.287. The maximum Gasteiger partial charge on any atom is 0.368 e. The van der Waals surface area contributed by atoms with E-state index in [1.807, 2.05) is 0 Å². The molecule has 0 unspecified atom stereocenters. The van der Waals surface area contributed by atoms with Crippen LogP contribution in [-0.2, 0) is 4.74 Å². The van der Waals surface area contributed by atoms with Crippen molar-refractivity contribution in [2.24, 2.45) is 0 Å². The molecule has 0 aliphatic carbocycles. The Bertz CT molecular complexity index is 710. The van der Waals surface area contributed by atoms with Crippen LogP contribution in [0.4, 0.5) is 0 Å². The molecule has 25 heavy (non-hydrogen) atoms. The minimum Gasteiger partial charge on any atom is -0.478 e. The molecule has 0 fully saturated rings. The lowest BCUT2D eigenvalue weighted by atomic mass is 10.2. The van der Waals surface area contributed by atoms with Gasteiger partial charge in [-0.2, -0.15) is 0 Å². The average Bonchev–Trinajstić information content (AvgIpc) is 2.55. The van der Waals surface area contributed by atoms with E-state index < -0.39 is 17.9 Å². The van der Waals surface area contributed by atoms with Crippen molar-refractivity contribution in [3.05, 3.63) is 59.7 Å². The zero-order valence-electron chi connectivity index (χ0n) is 13.8. The van der Waals surface area contributed by atoms with Crippen molar-refractivity contribution in [1.82, 2.24) is 0 Å². The van der Waals surface area contributed by atoms with Gasteiger partial charge in [-0.15, -0.1) is 0 Å². The van der Waals surface area contributed by atoms with E-state index in [1.165, 1.54) is 43.3 Å². The summed E-state index contributed by atoms with van der Waals surface area (Å²) in [6.07, 6.45) is 0. The fourth-order valence-electron chi connectivity index (χ4n) is 2.16. The summed E-state index contributed by atoms with van der Waals surface area (Å²) in [5, 5.41) is 18.1. The number of hydrogen-bond acceptors (Lipinski definition) is 5. The van der Waals surface area contributed by atoms with Crippen LogP contribution in [-0.4, -0.2) is 34.7 Å². The number of carbonyl (C=O) groups is 2. The highest BCUT2D eigenvalue weighted by molar-refractivity contribution is 5.88. The van der Waals surface area contributed by atoms with Crippen LogP contribution in [0.3, 0.4) is 0 Å². The standard InChI is InChI=1S/C18H18O7/c1-3-23-18(2,24-14-8-4-6-12(10-14)16(19)20)25-15-9-5-7-13(11-15)17(21)22/h4-11H,3H2,1-2H3,(H,19,20)(H,21,22). The molecule has 0 amide bonds. The van der Waals surface area contributed by atoms with Crippen LogP contribution in [0.2, 0.25) is 0 Å². The van der Waals surface area contributed by atoms with Crippen molar-refractivity contribution in [2.45, 2.75) is 19.8 Å². The predicted octanol–water partition coefficient (Wildman–Crippen LogP) is 3.25. The Kier molecular flexibility index (Phi) is 5.61. The smallest absolute Gasteiger partial charge is 0.368 e. The molecule has 0 spiro atoms. The Morgan fingerprint density at radius 1 is 0.920 bits per heavy atom. The lowest BCUT2D eigenvalue weighted by Crippen LogP contribution is -2.42. The number of carboxylic acid groups (broad SMARTS) is 2. The first kappa shape index (κ1) is 18.3.